The van der Waals surface area contributed by atoms with Gasteiger partial charge in [0, 0.05) is 39.8 Å². The second-order valence-corrected chi connectivity index (χ2v) is 5.64. The highest BCUT2D eigenvalue weighted by Gasteiger charge is 2.14. The number of guanidine groups is 1. The minimum absolute atomic E-state index is 0. The molecule has 26 heavy (non-hydrogen) atoms. The predicted molar refractivity (Wildman–Crippen MR) is 115 cm³/mol. The lowest BCUT2D eigenvalue weighted by molar-refractivity contribution is -0.131. The molecule has 1 aromatic rings. The zero-order chi connectivity index (χ0) is 18.5. The van der Waals surface area contributed by atoms with E-state index in [1.165, 1.54) is 0 Å². The standard InChI is InChI=1S/C18H32N4O3.HI/c1-5-19-18(21(4)14-17(23)22(6-2)7-3)20-11-9-12-24-15-16-10-8-13-25-16;/h8,10,13H,5-7,9,11-12,14-15H2,1-4H3,(H,19,20);1H. The molecule has 0 aliphatic rings. The van der Waals surface area contributed by atoms with E-state index in [1.54, 1.807) is 6.26 Å². The summed E-state index contributed by atoms with van der Waals surface area (Å²) in [6.45, 7) is 10.3. The number of aliphatic imine (C=N–C) groups is 1. The number of halogens is 1. The average Bonchev–Trinajstić information content (AvgIpc) is 3.11. The Morgan fingerprint density at radius 1 is 1.31 bits per heavy atom. The quantitative estimate of drug-likeness (QED) is 0.228. The van der Waals surface area contributed by atoms with Gasteiger partial charge >= 0.3 is 0 Å². The maximum atomic E-state index is 12.2. The molecule has 0 atom stereocenters. The molecule has 1 aromatic heterocycles. The number of amides is 1. The van der Waals surface area contributed by atoms with Crippen molar-refractivity contribution in [3.8, 4) is 0 Å². The van der Waals surface area contributed by atoms with Crippen molar-refractivity contribution >= 4 is 35.8 Å². The number of carbonyl (C=O) groups is 1. The molecule has 0 fully saturated rings. The average molecular weight is 480 g/mol. The summed E-state index contributed by atoms with van der Waals surface area (Å²) in [7, 11) is 1.89. The van der Waals surface area contributed by atoms with Crippen LogP contribution in [-0.2, 0) is 16.1 Å². The van der Waals surface area contributed by atoms with E-state index in [2.05, 4.69) is 10.3 Å². The van der Waals surface area contributed by atoms with Gasteiger partial charge in [0.2, 0.25) is 5.91 Å². The number of carbonyl (C=O) groups excluding carboxylic acids is 1. The molecule has 0 radical (unpaired) electrons. The first-order valence-electron chi connectivity index (χ1n) is 8.99. The summed E-state index contributed by atoms with van der Waals surface area (Å²) < 4.78 is 10.8. The van der Waals surface area contributed by atoms with Gasteiger partial charge in [-0.1, -0.05) is 0 Å². The van der Waals surface area contributed by atoms with Crippen molar-refractivity contribution in [2.75, 3.05) is 46.4 Å². The fourth-order valence-corrected chi connectivity index (χ4v) is 2.34. The summed E-state index contributed by atoms with van der Waals surface area (Å²) in [5, 5.41) is 3.23. The minimum Gasteiger partial charge on any atom is -0.467 e. The molecule has 8 heteroatoms. The van der Waals surface area contributed by atoms with Crippen molar-refractivity contribution in [1.82, 2.24) is 15.1 Å². The maximum Gasteiger partial charge on any atom is 0.242 e. The zero-order valence-corrected chi connectivity index (χ0v) is 18.7. The van der Waals surface area contributed by atoms with E-state index in [-0.39, 0.29) is 29.9 Å². The van der Waals surface area contributed by atoms with E-state index in [9.17, 15) is 4.79 Å². The van der Waals surface area contributed by atoms with E-state index in [4.69, 9.17) is 9.15 Å². The van der Waals surface area contributed by atoms with Crippen LogP contribution >= 0.6 is 24.0 Å². The molecule has 0 saturated heterocycles. The number of ether oxygens (including phenoxy) is 1. The summed E-state index contributed by atoms with van der Waals surface area (Å²) in [4.78, 5) is 20.5. The van der Waals surface area contributed by atoms with Gasteiger partial charge in [-0.3, -0.25) is 9.79 Å². The van der Waals surface area contributed by atoms with E-state index in [0.29, 0.717) is 26.3 Å². The lowest BCUT2D eigenvalue weighted by Crippen LogP contribution is -2.45. The lowest BCUT2D eigenvalue weighted by atomic mass is 10.4. The number of likely N-dealkylation sites (N-methyl/N-ethyl adjacent to an activating group) is 2. The van der Waals surface area contributed by atoms with E-state index < -0.39 is 0 Å². The van der Waals surface area contributed by atoms with Crippen molar-refractivity contribution in [3.05, 3.63) is 24.2 Å². The molecule has 0 spiro atoms. The molecule has 0 saturated carbocycles. The van der Waals surface area contributed by atoms with E-state index >= 15 is 0 Å². The smallest absolute Gasteiger partial charge is 0.242 e. The number of rotatable bonds is 11. The SMILES string of the molecule is CCNC(=NCCCOCc1ccco1)N(C)CC(=O)N(CC)CC.I. The Balaban J connectivity index is 0.00000625. The molecule has 1 N–H and O–H groups in total. The molecule has 1 amide bonds. The number of hydrogen-bond acceptors (Lipinski definition) is 4. The number of furan rings is 1. The van der Waals surface area contributed by atoms with Crippen molar-refractivity contribution in [3.63, 3.8) is 0 Å². The highest BCUT2D eigenvalue weighted by Crippen LogP contribution is 2.02. The van der Waals surface area contributed by atoms with Crippen molar-refractivity contribution < 1.29 is 13.9 Å². The first-order valence-corrected chi connectivity index (χ1v) is 8.99. The van der Waals surface area contributed by atoms with E-state index in [1.807, 2.05) is 49.8 Å². The first kappa shape index (κ1) is 24.7. The largest absolute Gasteiger partial charge is 0.467 e. The molecule has 0 unspecified atom stereocenters. The highest BCUT2D eigenvalue weighted by atomic mass is 127. The van der Waals surface area contributed by atoms with Gasteiger partial charge in [0.25, 0.3) is 0 Å². The summed E-state index contributed by atoms with van der Waals surface area (Å²) in [5.74, 6) is 1.68. The minimum atomic E-state index is 0. The van der Waals surface area contributed by atoms with Gasteiger partial charge in [-0.2, -0.15) is 0 Å². The Bertz CT molecular complexity index is 505. The molecule has 0 aliphatic heterocycles. The van der Waals surface area contributed by atoms with Gasteiger partial charge in [0.15, 0.2) is 5.96 Å². The third-order valence-corrected chi connectivity index (χ3v) is 3.72. The molecule has 1 heterocycles. The Labute approximate surface area is 174 Å². The van der Waals surface area contributed by atoms with Crippen LogP contribution in [0.3, 0.4) is 0 Å². The second kappa shape index (κ2) is 14.8. The van der Waals surface area contributed by atoms with Crippen LogP contribution in [0.2, 0.25) is 0 Å². The van der Waals surface area contributed by atoms with Crippen molar-refractivity contribution in [1.29, 1.82) is 0 Å². The second-order valence-electron chi connectivity index (χ2n) is 5.64. The Hall–Kier alpha value is -1.29. The van der Waals surface area contributed by atoms with Crippen LogP contribution in [0.4, 0.5) is 0 Å². The fraction of sp³-hybridized carbons (Fsp3) is 0.667. The van der Waals surface area contributed by atoms with Crippen LogP contribution < -0.4 is 5.32 Å². The Morgan fingerprint density at radius 2 is 2.04 bits per heavy atom. The summed E-state index contributed by atoms with van der Waals surface area (Å²) in [5.41, 5.74) is 0. The van der Waals surface area contributed by atoms with Gasteiger partial charge in [-0.25, -0.2) is 0 Å². The topological polar surface area (TPSA) is 70.3 Å². The van der Waals surface area contributed by atoms with Gasteiger partial charge in [-0.05, 0) is 39.3 Å². The van der Waals surface area contributed by atoms with Crippen LogP contribution in [0.15, 0.2) is 27.8 Å². The van der Waals surface area contributed by atoms with Gasteiger partial charge in [0.05, 0.1) is 12.8 Å². The molecular formula is C18H33IN4O3. The van der Waals surface area contributed by atoms with E-state index in [0.717, 1.165) is 37.8 Å². The Morgan fingerprint density at radius 3 is 2.62 bits per heavy atom. The predicted octanol–water partition coefficient (Wildman–Crippen LogP) is 2.57. The van der Waals surface area contributed by atoms with Gasteiger partial charge in [-0.15, -0.1) is 24.0 Å². The molecule has 0 bridgehead atoms. The van der Waals surface area contributed by atoms with Crippen LogP contribution in [0, 0.1) is 0 Å². The molecule has 0 aromatic carbocycles. The number of nitrogens with one attached hydrogen (secondary N) is 1. The lowest BCUT2D eigenvalue weighted by Gasteiger charge is -2.25. The summed E-state index contributed by atoms with van der Waals surface area (Å²) >= 11 is 0. The van der Waals surface area contributed by atoms with Gasteiger partial charge in [0.1, 0.15) is 12.4 Å². The fourth-order valence-electron chi connectivity index (χ4n) is 2.34. The van der Waals surface area contributed by atoms with Crippen molar-refractivity contribution in [2.24, 2.45) is 4.99 Å². The van der Waals surface area contributed by atoms with Crippen molar-refractivity contribution in [2.45, 2.75) is 33.8 Å². The third kappa shape index (κ3) is 9.42. The van der Waals surface area contributed by atoms with Crippen LogP contribution in [0.5, 0.6) is 0 Å². The normalized spacial score (nSPS) is 11.0. The number of hydrogen-bond donors (Lipinski definition) is 1. The molecule has 1 rings (SSSR count). The molecule has 7 nitrogen and oxygen atoms in total. The molecular weight excluding hydrogens is 447 g/mol. The highest BCUT2D eigenvalue weighted by molar-refractivity contribution is 14.0. The molecule has 0 aliphatic carbocycles. The monoisotopic (exact) mass is 480 g/mol. The maximum absolute atomic E-state index is 12.2. The third-order valence-electron chi connectivity index (χ3n) is 3.72. The molecule has 150 valence electrons. The summed E-state index contributed by atoms with van der Waals surface area (Å²) in [6, 6.07) is 3.74. The van der Waals surface area contributed by atoms with Gasteiger partial charge < -0.3 is 24.3 Å². The number of nitrogens with zero attached hydrogens (tertiary/aromatic N) is 3. The first-order chi connectivity index (χ1) is 12.1. The van der Waals surface area contributed by atoms with Crippen LogP contribution in [-0.4, -0.2) is 68.0 Å². The van der Waals surface area contributed by atoms with Crippen LogP contribution in [0.1, 0.15) is 33.0 Å². The summed E-state index contributed by atoms with van der Waals surface area (Å²) in [6.07, 6.45) is 2.45. The zero-order valence-electron chi connectivity index (χ0n) is 16.4. The van der Waals surface area contributed by atoms with Crippen LogP contribution in [0.25, 0.3) is 0 Å². The Kier molecular flexibility index (Phi) is 14.1.